The van der Waals surface area contributed by atoms with Crippen molar-refractivity contribution in [3.63, 3.8) is 0 Å². The molecule has 116 valence electrons. The number of halogens is 3. The Labute approximate surface area is 120 Å². The summed E-state index contributed by atoms with van der Waals surface area (Å²) < 4.78 is 40.6. The fourth-order valence-corrected chi connectivity index (χ4v) is 2.48. The molecule has 0 saturated heterocycles. The van der Waals surface area contributed by atoms with Gasteiger partial charge in [0, 0.05) is 18.8 Å². The van der Waals surface area contributed by atoms with Crippen LogP contribution in [0.2, 0.25) is 0 Å². The van der Waals surface area contributed by atoms with Crippen LogP contribution in [0.25, 0.3) is 0 Å². The third kappa shape index (κ3) is 4.10. The van der Waals surface area contributed by atoms with Crippen LogP contribution in [0.3, 0.4) is 0 Å². The summed E-state index contributed by atoms with van der Waals surface area (Å²) in [7, 11) is 0. The highest BCUT2D eigenvalue weighted by atomic mass is 19.4. The number of carbonyl (C=O) groups is 1. The van der Waals surface area contributed by atoms with Gasteiger partial charge in [0.1, 0.15) is 6.61 Å². The van der Waals surface area contributed by atoms with Crippen LogP contribution in [-0.4, -0.2) is 43.6 Å². The molecule has 0 aromatic heterocycles. The molecule has 0 aliphatic carbocycles. The van der Waals surface area contributed by atoms with Crippen molar-refractivity contribution in [3.05, 3.63) is 29.8 Å². The topological polar surface area (TPSA) is 49.8 Å². The molecule has 1 aromatic rings. The minimum absolute atomic E-state index is 0.0500. The van der Waals surface area contributed by atoms with Crippen molar-refractivity contribution < 1.29 is 27.8 Å². The van der Waals surface area contributed by atoms with Gasteiger partial charge in [0.15, 0.2) is 0 Å². The van der Waals surface area contributed by atoms with Gasteiger partial charge in [-0.05, 0) is 18.1 Å². The van der Waals surface area contributed by atoms with E-state index in [9.17, 15) is 23.1 Å². The van der Waals surface area contributed by atoms with Gasteiger partial charge >= 0.3 is 12.1 Å². The van der Waals surface area contributed by atoms with Crippen LogP contribution in [0.4, 0.5) is 18.9 Å². The molecule has 1 aliphatic rings. The lowest BCUT2D eigenvalue weighted by Crippen LogP contribution is -2.36. The van der Waals surface area contributed by atoms with Crippen LogP contribution >= 0.6 is 0 Å². The van der Waals surface area contributed by atoms with Crippen molar-refractivity contribution in [1.29, 1.82) is 0 Å². The standard InChI is InChI=1S/C14H16F3NO3/c15-14(16,17)9-21-8-7-18-6-5-11(13(19)20)10-3-1-2-4-12(10)18/h1-4,11H,5-9H2,(H,19,20). The Balaban J connectivity index is 1.99. The van der Waals surface area contributed by atoms with E-state index >= 15 is 0 Å². The monoisotopic (exact) mass is 303 g/mol. The predicted molar refractivity (Wildman–Crippen MR) is 70.5 cm³/mol. The van der Waals surface area contributed by atoms with E-state index in [1.807, 2.05) is 4.90 Å². The Morgan fingerprint density at radius 2 is 2.10 bits per heavy atom. The van der Waals surface area contributed by atoms with Gasteiger partial charge in [0.25, 0.3) is 0 Å². The second-order valence-electron chi connectivity index (χ2n) is 4.89. The third-order valence-corrected chi connectivity index (χ3v) is 3.41. The van der Waals surface area contributed by atoms with Crippen LogP contribution in [0.5, 0.6) is 0 Å². The van der Waals surface area contributed by atoms with Crippen molar-refractivity contribution in [2.45, 2.75) is 18.5 Å². The second-order valence-corrected chi connectivity index (χ2v) is 4.89. The molecule has 1 heterocycles. The fraction of sp³-hybridized carbons (Fsp3) is 0.500. The first-order chi connectivity index (χ1) is 9.88. The second kappa shape index (κ2) is 6.34. The predicted octanol–water partition coefficient (Wildman–Crippen LogP) is 2.64. The minimum atomic E-state index is -4.33. The molecule has 1 N–H and O–H groups in total. The van der Waals surface area contributed by atoms with Gasteiger partial charge in [-0.3, -0.25) is 4.79 Å². The molecule has 1 unspecified atom stereocenters. The van der Waals surface area contributed by atoms with Crippen LogP contribution < -0.4 is 4.90 Å². The number of para-hydroxylation sites is 1. The van der Waals surface area contributed by atoms with Crippen LogP contribution in [0.1, 0.15) is 17.9 Å². The number of aliphatic carboxylic acids is 1. The summed E-state index contributed by atoms with van der Waals surface area (Å²) in [5.41, 5.74) is 1.46. The number of hydrogen-bond donors (Lipinski definition) is 1. The lowest BCUT2D eigenvalue weighted by atomic mass is 9.90. The number of anilines is 1. The SMILES string of the molecule is O=C(O)C1CCN(CCOCC(F)(F)F)c2ccccc21. The average molecular weight is 303 g/mol. The molecule has 0 bridgehead atoms. The summed E-state index contributed by atoms with van der Waals surface area (Å²) >= 11 is 0. The maximum absolute atomic E-state index is 12.0. The summed E-state index contributed by atoms with van der Waals surface area (Å²) in [6.07, 6.45) is -3.89. The lowest BCUT2D eigenvalue weighted by molar-refractivity contribution is -0.173. The van der Waals surface area contributed by atoms with Crippen molar-refractivity contribution >= 4 is 11.7 Å². The van der Waals surface area contributed by atoms with Gasteiger partial charge < -0.3 is 14.7 Å². The Bertz CT molecular complexity index is 504. The Kier molecular flexibility index (Phi) is 4.72. The Morgan fingerprint density at radius 1 is 1.38 bits per heavy atom. The number of ether oxygens (including phenoxy) is 1. The highest BCUT2D eigenvalue weighted by molar-refractivity contribution is 5.80. The molecule has 2 rings (SSSR count). The average Bonchev–Trinajstić information content (AvgIpc) is 2.42. The number of benzene rings is 1. The van der Waals surface area contributed by atoms with Gasteiger partial charge in [-0.25, -0.2) is 0 Å². The smallest absolute Gasteiger partial charge is 0.411 e. The minimum Gasteiger partial charge on any atom is -0.481 e. The summed E-state index contributed by atoms with van der Waals surface area (Å²) in [5.74, 6) is -1.44. The zero-order valence-corrected chi connectivity index (χ0v) is 11.3. The normalized spacial score (nSPS) is 18.4. The fourth-order valence-electron chi connectivity index (χ4n) is 2.48. The van der Waals surface area contributed by atoms with Crippen molar-refractivity contribution in [2.75, 3.05) is 31.2 Å². The molecular weight excluding hydrogens is 287 g/mol. The highest BCUT2D eigenvalue weighted by Gasteiger charge is 2.30. The summed E-state index contributed by atoms with van der Waals surface area (Å²) in [4.78, 5) is 13.1. The molecular formula is C14H16F3NO3. The van der Waals surface area contributed by atoms with E-state index in [1.165, 1.54) is 0 Å². The number of carboxylic acid groups (broad SMARTS) is 1. The van der Waals surface area contributed by atoms with Gasteiger partial charge in [-0.15, -0.1) is 0 Å². The number of hydrogen-bond acceptors (Lipinski definition) is 3. The van der Waals surface area contributed by atoms with E-state index in [1.54, 1.807) is 24.3 Å². The molecule has 0 radical (unpaired) electrons. The van der Waals surface area contributed by atoms with Crippen molar-refractivity contribution in [3.8, 4) is 0 Å². The number of alkyl halides is 3. The number of fused-ring (bicyclic) bond motifs is 1. The highest BCUT2D eigenvalue weighted by Crippen LogP contribution is 2.35. The van der Waals surface area contributed by atoms with E-state index in [4.69, 9.17) is 0 Å². The van der Waals surface area contributed by atoms with E-state index in [-0.39, 0.29) is 6.61 Å². The van der Waals surface area contributed by atoms with Crippen molar-refractivity contribution in [2.24, 2.45) is 0 Å². The summed E-state index contributed by atoms with van der Waals surface area (Å²) in [5, 5.41) is 9.21. The summed E-state index contributed by atoms with van der Waals surface area (Å²) in [6, 6.07) is 7.08. The molecule has 1 aromatic carbocycles. The van der Waals surface area contributed by atoms with Gasteiger partial charge in [0.2, 0.25) is 0 Å². The molecule has 0 spiro atoms. The molecule has 4 nitrogen and oxygen atoms in total. The number of rotatable bonds is 5. The van der Waals surface area contributed by atoms with E-state index in [0.29, 0.717) is 25.1 Å². The molecule has 0 fully saturated rings. The molecule has 1 aliphatic heterocycles. The Morgan fingerprint density at radius 3 is 2.76 bits per heavy atom. The zero-order valence-electron chi connectivity index (χ0n) is 11.3. The van der Waals surface area contributed by atoms with Crippen molar-refractivity contribution in [1.82, 2.24) is 0 Å². The molecule has 21 heavy (non-hydrogen) atoms. The first kappa shape index (κ1) is 15.6. The van der Waals surface area contributed by atoms with Crippen LogP contribution in [-0.2, 0) is 9.53 Å². The molecule has 1 atom stereocenters. The summed E-state index contributed by atoms with van der Waals surface area (Å²) in [6.45, 7) is -0.519. The van der Waals surface area contributed by atoms with E-state index in [2.05, 4.69) is 4.74 Å². The Hall–Kier alpha value is -1.76. The maximum Gasteiger partial charge on any atom is 0.411 e. The quantitative estimate of drug-likeness (QED) is 0.850. The maximum atomic E-state index is 12.0. The molecule has 0 amide bonds. The zero-order chi connectivity index (χ0) is 15.5. The molecule has 0 saturated carbocycles. The third-order valence-electron chi connectivity index (χ3n) is 3.41. The van der Waals surface area contributed by atoms with Gasteiger partial charge in [-0.1, -0.05) is 18.2 Å². The van der Waals surface area contributed by atoms with Crippen LogP contribution in [0.15, 0.2) is 24.3 Å². The van der Waals surface area contributed by atoms with Gasteiger partial charge in [0.05, 0.1) is 12.5 Å². The largest absolute Gasteiger partial charge is 0.481 e. The first-order valence-electron chi connectivity index (χ1n) is 6.59. The number of carboxylic acids is 1. The van der Waals surface area contributed by atoms with E-state index < -0.39 is 24.7 Å². The van der Waals surface area contributed by atoms with E-state index in [0.717, 1.165) is 5.69 Å². The van der Waals surface area contributed by atoms with Crippen LogP contribution in [0, 0.1) is 0 Å². The molecule has 7 heteroatoms. The number of nitrogens with zero attached hydrogens (tertiary/aromatic N) is 1. The van der Waals surface area contributed by atoms with Gasteiger partial charge in [-0.2, -0.15) is 13.2 Å². The first-order valence-corrected chi connectivity index (χ1v) is 6.59. The lowest BCUT2D eigenvalue weighted by Gasteiger charge is -2.34.